The van der Waals surface area contributed by atoms with Gasteiger partial charge in [-0.3, -0.25) is 0 Å². The highest BCUT2D eigenvalue weighted by Crippen LogP contribution is 2.19. The Hall–Kier alpha value is -0.100. The molecule has 1 aliphatic rings. The summed E-state index contributed by atoms with van der Waals surface area (Å²) >= 11 is 5.39. The highest BCUT2D eigenvalue weighted by molar-refractivity contribution is 7.87. The molecule has 0 aromatic heterocycles. The quantitative estimate of drug-likeness (QED) is 0.687. The summed E-state index contributed by atoms with van der Waals surface area (Å²) in [6.07, 6.45) is 1.84. The van der Waals surface area contributed by atoms with E-state index in [1.165, 1.54) is 0 Å². The van der Waals surface area contributed by atoms with Gasteiger partial charge in [-0.05, 0) is 12.8 Å². The highest BCUT2D eigenvalue weighted by Gasteiger charge is 2.26. The van der Waals surface area contributed by atoms with Crippen LogP contribution in [-0.2, 0) is 10.2 Å². The second-order valence-corrected chi connectivity index (χ2v) is 4.80. The van der Waals surface area contributed by atoms with Crippen molar-refractivity contribution in [1.82, 2.24) is 9.44 Å². The van der Waals surface area contributed by atoms with Crippen LogP contribution >= 0.6 is 11.6 Å². The molecular weight excluding hydrogens is 200 g/mol. The molecule has 1 fully saturated rings. The molecule has 0 atom stereocenters. The Morgan fingerprint density at radius 3 is 2.58 bits per heavy atom. The molecule has 12 heavy (non-hydrogen) atoms. The maximum atomic E-state index is 11.1. The first-order chi connectivity index (χ1) is 5.49. The number of hydrogen-bond acceptors (Lipinski definition) is 2. The van der Waals surface area contributed by atoms with Crippen molar-refractivity contribution < 1.29 is 8.42 Å². The van der Waals surface area contributed by atoms with Gasteiger partial charge in [0.2, 0.25) is 0 Å². The van der Waals surface area contributed by atoms with Crippen molar-refractivity contribution in [3.63, 3.8) is 0 Å². The van der Waals surface area contributed by atoms with E-state index in [9.17, 15) is 8.42 Å². The molecule has 1 saturated carbocycles. The standard InChI is InChI=1S/C6H11ClN2O2S/c1-5(7)4-8-12(10,11)9-6-2-3-6/h6,8-9H,1-4H2. The Bertz CT molecular complexity index is 271. The van der Waals surface area contributed by atoms with Gasteiger partial charge in [-0.1, -0.05) is 18.2 Å². The second kappa shape index (κ2) is 3.74. The molecule has 0 bridgehead atoms. The summed E-state index contributed by atoms with van der Waals surface area (Å²) in [7, 11) is -3.36. The van der Waals surface area contributed by atoms with Gasteiger partial charge in [0.05, 0.1) is 0 Å². The molecule has 2 N–H and O–H groups in total. The fraction of sp³-hybridized carbons (Fsp3) is 0.667. The predicted molar refractivity (Wildman–Crippen MR) is 48.1 cm³/mol. The van der Waals surface area contributed by atoms with Crippen LogP contribution in [0.4, 0.5) is 0 Å². The van der Waals surface area contributed by atoms with E-state index in [4.69, 9.17) is 11.6 Å². The Labute approximate surface area is 77.2 Å². The highest BCUT2D eigenvalue weighted by atomic mass is 35.5. The van der Waals surface area contributed by atoms with Gasteiger partial charge in [0.25, 0.3) is 10.2 Å². The lowest BCUT2D eigenvalue weighted by Gasteiger charge is -2.05. The Balaban J connectivity index is 2.31. The molecular formula is C6H11ClN2O2S. The van der Waals surface area contributed by atoms with E-state index in [-0.39, 0.29) is 17.6 Å². The van der Waals surface area contributed by atoms with Gasteiger partial charge < -0.3 is 0 Å². The summed E-state index contributed by atoms with van der Waals surface area (Å²) in [4.78, 5) is 0. The van der Waals surface area contributed by atoms with Crippen LogP contribution in [0, 0.1) is 0 Å². The van der Waals surface area contributed by atoms with Crippen molar-refractivity contribution in [3.05, 3.63) is 11.6 Å². The van der Waals surface area contributed by atoms with Crippen LogP contribution in [0.1, 0.15) is 12.8 Å². The first-order valence-electron chi connectivity index (χ1n) is 3.60. The van der Waals surface area contributed by atoms with E-state index in [0.717, 1.165) is 12.8 Å². The monoisotopic (exact) mass is 210 g/mol. The zero-order chi connectivity index (χ0) is 9.19. The van der Waals surface area contributed by atoms with Crippen LogP contribution in [0.2, 0.25) is 0 Å². The topological polar surface area (TPSA) is 58.2 Å². The third-order valence-electron chi connectivity index (χ3n) is 1.35. The van der Waals surface area contributed by atoms with Crippen molar-refractivity contribution in [2.75, 3.05) is 6.54 Å². The van der Waals surface area contributed by atoms with Gasteiger partial charge in [0.15, 0.2) is 0 Å². The third-order valence-corrected chi connectivity index (χ3v) is 2.65. The average Bonchev–Trinajstić information content (AvgIpc) is 2.67. The van der Waals surface area contributed by atoms with Crippen molar-refractivity contribution in [3.8, 4) is 0 Å². The Morgan fingerprint density at radius 2 is 2.17 bits per heavy atom. The van der Waals surface area contributed by atoms with E-state index >= 15 is 0 Å². The fourth-order valence-corrected chi connectivity index (χ4v) is 1.90. The van der Waals surface area contributed by atoms with Crippen LogP contribution in [0.3, 0.4) is 0 Å². The second-order valence-electron chi connectivity index (χ2n) is 2.73. The molecule has 0 aromatic rings. The maximum absolute atomic E-state index is 11.1. The van der Waals surface area contributed by atoms with E-state index < -0.39 is 10.2 Å². The van der Waals surface area contributed by atoms with Crippen LogP contribution in [0.15, 0.2) is 11.6 Å². The summed E-state index contributed by atoms with van der Waals surface area (Å²) in [5.41, 5.74) is 0. The molecule has 0 radical (unpaired) electrons. The zero-order valence-corrected chi connectivity index (χ0v) is 8.08. The summed E-state index contributed by atoms with van der Waals surface area (Å²) in [6.45, 7) is 3.44. The van der Waals surface area contributed by atoms with Crippen molar-refractivity contribution in [1.29, 1.82) is 0 Å². The summed E-state index contributed by atoms with van der Waals surface area (Å²) < 4.78 is 26.8. The lowest BCUT2D eigenvalue weighted by atomic mass is 10.7. The van der Waals surface area contributed by atoms with Crippen molar-refractivity contribution >= 4 is 21.8 Å². The number of hydrogen-bond donors (Lipinski definition) is 2. The van der Waals surface area contributed by atoms with E-state index in [0.29, 0.717) is 0 Å². The number of rotatable bonds is 5. The van der Waals surface area contributed by atoms with Crippen LogP contribution in [-0.4, -0.2) is 21.0 Å². The molecule has 4 nitrogen and oxygen atoms in total. The largest absolute Gasteiger partial charge is 0.277 e. The lowest BCUT2D eigenvalue weighted by molar-refractivity contribution is 0.569. The van der Waals surface area contributed by atoms with Gasteiger partial charge >= 0.3 is 0 Å². The minimum atomic E-state index is -3.36. The van der Waals surface area contributed by atoms with Crippen molar-refractivity contribution in [2.24, 2.45) is 0 Å². The van der Waals surface area contributed by atoms with Gasteiger partial charge in [0, 0.05) is 17.6 Å². The molecule has 70 valence electrons. The molecule has 0 saturated heterocycles. The summed E-state index contributed by atoms with van der Waals surface area (Å²) in [6, 6.07) is 0.117. The Kier molecular flexibility index (Phi) is 3.11. The average molecular weight is 211 g/mol. The van der Waals surface area contributed by atoms with Crippen molar-refractivity contribution in [2.45, 2.75) is 18.9 Å². The lowest BCUT2D eigenvalue weighted by Crippen LogP contribution is -2.38. The first-order valence-corrected chi connectivity index (χ1v) is 5.46. The molecule has 6 heteroatoms. The molecule has 1 aliphatic carbocycles. The molecule has 1 rings (SSSR count). The van der Waals surface area contributed by atoms with Gasteiger partial charge in [-0.15, -0.1) is 0 Å². The molecule has 0 aliphatic heterocycles. The van der Waals surface area contributed by atoms with Crippen LogP contribution in [0.25, 0.3) is 0 Å². The zero-order valence-electron chi connectivity index (χ0n) is 6.51. The van der Waals surface area contributed by atoms with Gasteiger partial charge in [-0.25, -0.2) is 0 Å². The smallest absolute Gasteiger partial charge is 0.199 e. The number of halogens is 1. The fourth-order valence-electron chi connectivity index (χ4n) is 0.636. The van der Waals surface area contributed by atoms with E-state index in [2.05, 4.69) is 16.0 Å². The first kappa shape index (κ1) is 9.98. The summed E-state index contributed by atoms with van der Waals surface area (Å²) in [5, 5.41) is 0.274. The van der Waals surface area contributed by atoms with Crippen LogP contribution < -0.4 is 9.44 Å². The van der Waals surface area contributed by atoms with E-state index in [1.54, 1.807) is 0 Å². The maximum Gasteiger partial charge on any atom is 0.277 e. The van der Waals surface area contributed by atoms with Crippen LogP contribution in [0.5, 0.6) is 0 Å². The third kappa shape index (κ3) is 4.06. The molecule has 0 aromatic carbocycles. The molecule has 0 heterocycles. The molecule has 0 amide bonds. The minimum absolute atomic E-state index is 0.0730. The predicted octanol–water partition coefficient (Wildman–Crippen LogP) is 0.325. The SMILES string of the molecule is C=C(Cl)CNS(=O)(=O)NC1CC1. The molecule has 0 unspecified atom stereocenters. The summed E-state index contributed by atoms with van der Waals surface area (Å²) in [5.74, 6) is 0. The number of nitrogens with one attached hydrogen (secondary N) is 2. The minimum Gasteiger partial charge on any atom is -0.199 e. The molecule has 0 spiro atoms. The van der Waals surface area contributed by atoms with E-state index in [1.807, 2.05) is 0 Å². The normalized spacial score (nSPS) is 17.8. The van der Waals surface area contributed by atoms with Gasteiger partial charge in [-0.2, -0.15) is 17.9 Å². The van der Waals surface area contributed by atoms with Gasteiger partial charge in [0.1, 0.15) is 0 Å². The Morgan fingerprint density at radius 1 is 1.58 bits per heavy atom.